The van der Waals surface area contributed by atoms with Crippen LogP contribution in [-0.2, 0) is 6.54 Å². The number of nitrogens with two attached hydrogens (primary N) is 1. The molecule has 0 fully saturated rings. The molecule has 15 heavy (non-hydrogen) atoms. The number of hydrogen-bond donors (Lipinski definition) is 2. The molecule has 1 aromatic heterocycles. The lowest BCUT2D eigenvalue weighted by atomic mass is 10.3. The molecule has 1 heterocycles. The SMILES string of the molecule is CC(C)N=C(NN)N(C)Cc1ccoc1. The van der Waals surface area contributed by atoms with Crippen molar-refractivity contribution < 1.29 is 4.42 Å². The number of rotatable bonds is 3. The average molecular weight is 210 g/mol. The maximum atomic E-state index is 5.41. The molecule has 0 aliphatic carbocycles. The second-order valence-electron chi connectivity index (χ2n) is 3.68. The van der Waals surface area contributed by atoms with Gasteiger partial charge in [-0.05, 0) is 19.9 Å². The Morgan fingerprint density at radius 3 is 2.87 bits per heavy atom. The summed E-state index contributed by atoms with van der Waals surface area (Å²) in [4.78, 5) is 6.29. The Kier molecular flexibility index (Phi) is 4.17. The van der Waals surface area contributed by atoms with Gasteiger partial charge in [0.15, 0.2) is 0 Å². The lowest BCUT2D eigenvalue weighted by Gasteiger charge is -2.20. The molecular formula is C10H18N4O. The summed E-state index contributed by atoms with van der Waals surface area (Å²) in [6.07, 6.45) is 3.36. The number of aliphatic imine (C=N–C) groups is 1. The molecule has 0 radical (unpaired) electrons. The lowest BCUT2D eigenvalue weighted by Crippen LogP contribution is -2.42. The molecule has 0 amide bonds. The first-order chi connectivity index (χ1) is 7.13. The summed E-state index contributed by atoms with van der Waals surface area (Å²) in [5.74, 6) is 6.08. The fraction of sp³-hybridized carbons (Fsp3) is 0.500. The Morgan fingerprint density at radius 1 is 1.67 bits per heavy atom. The van der Waals surface area contributed by atoms with E-state index >= 15 is 0 Å². The highest BCUT2D eigenvalue weighted by Gasteiger charge is 2.06. The van der Waals surface area contributed by atoms with E-state index in [-0.39, 0.29) is 6.04 Å². The number of guanidine groups is 1. The van der Waals surface area contributed by atoms with Crippen LogP contribution >= 0.6 is 0 Å². The predicted molar refractivity (Wildman–Crippen MR) is 60.1 cm³/mol. The molecule has 0 spiro atoms. The summed E-state index contributed by atoms with van der Waals surface area (Å²) >= 11 is 0. The van der Waals surface area contributed by atoms with Gasteiger partial charge in [0.25, 0.3) is 0 Å². The van der Waals surface area contributed by atoms with Crippen LogP contribution in [0, 0.1) is 0 Å². The Balaban J connectivity index is 2.61. The molecule has 5 heteroatoms. The van der Waals surface area contributed by atoms with E-state index in [1.54, 1.807) is 12.5 Å². The van der Waals surface area contributed by atoms with Crippen LogP contribution in [0.3, 0.4) is 0 Å². The van der Waals surface area contributed by atoms with Crippen molar-refractivity contribution in [2.24, 2.45) is 10.8 Å². The average Bonchev–Trinajstić information content (AvgIpc) is 2.66. The maximum absolute atomic E-state index is 5.41. The summed E-state index contributed by atoms with van der Waals surface area (Å²) in [6, 6.07) is 2.13. The summed E-state index contributed by atoms with van der Waals surface area (Å²) < 4.78 is 4.99. The summed E-state index contributed by atoms with van der Waals surface area (Å²) in [5, 5.41) is 0. The van der Waals surface area contributed by atoms with Gasteiger partial charge in [0, 0.05) is 25.2 Å². The molecule has 0 aliphatic heterocycles. The minimum absolute atomic E-state index is 0.211. The van der Waals surface area contributed by atoms with E-state index in [9.17, 15) is 0 Å². The minimum atomic E-state index is 0.211. The van der Waals surface area contributed by atoms with Crippen molar-refractivity contribution in [3.8, 4) is 0 Å². The molecule has 0 aromatic carbocycles. The van der Waals surface area contributed by atoms with Gasteiger partial charge in [0.05, 0.1) is 12.5 Å². The number of hydrogen-bond acceptors (Lipinski definition) is 3. The second-order valence-corrected chi connectivity index (χ2v) is 3.68. The Labute approximate surface area is 89.9 Å². The molecule has 0 atom stereocenters. The van der Waals surface area contributed by atoms with E-state index in [1.807, 2.05) is 31.9 Å². The molecule has 84 valence electrons. The predicted octanol–water partition coefficient (Wildman–Crippen LogP) is 0.939. The lowest BCUT2D eigenvalue weighted by molar-refractivity contribution is 0.468. The maximum Gasteiger partial charge on any atom is 0.208 e. The Morgan fingerprint density at radius 2 is 2.40 bits per heavy atom. The zero-order valence-corrected chi connectivity index (χ0v) is 9.40. The summed E-state index contributed by atoms with van der Waals surface area (Å²) in [5.41, 5.74) is 3.68. The van der Waals surface area contributed by atoms with Crippen LogP contribution in [0.5, 0.6) is 0 Å². The molecule has 3 N–H and O–H groups in total. The van der Waals surface area contributed by atoms with Gasteiger partial charge in [-0.2, -0.15) is 0 Å². The Bertz CT molecular complexity index is 305. The zero-order chi connectivity index (χ0) is 11.3. The summed E-state index contributed by atoms with van der Waals surface area (Å²) in [6.45, 7) is 4.72. The molecule has 1 aromatic rings. The number of nitrogens with zero attached hydrogens (tertiary/aromatic N) is 2. The van der Waals surface area contributed by atoms with Crippen molar-refractivity contribution >= 4 is 5.96 Å². The van der Waals surface area contributed by atoms with E-state index in [0.29, 0.717) is 12.5 Å². The third-order valence-electron chi connectivity index (χ3n) is 1.87. The molecule has 0 saturated carbocycles. The van der Waals surface area contributed by atoms with Crippen molar-refractivity contribution in [1.82, 2.24) is 10.3 Å². The molecule has 0 saturated heterocycles. The monoisotopic (exact) mass is 210 g/mol. The zero-order valence-electron chi connectivity index (χ0n) is 9.40. The smallest absolute Gasteiger partial charge is 0.208 e. The highest BCUT2D eigenvalue weighted by Crippen LogP contribution is 2.04. The van der Waals surface area contributed by atoms with E-state index in [4.69, 9.17) is 10.3 Å². The number of hydrazine groups is 1. The number of furan rings is 1. The Hall–Kier alpha value is -1.49. The standard InChI is InChI=1S/C10H18N4O/c1-8(2)12-10(13-11)14(3)6-9-4-5-15-7-9/h4-5,7-8H,6,11H2,1-3H3,(H,12,13). The minimum Gasteiger partial charge on any atom is -0.472 e. The van der Waals surface area contributed by atoms with E-state index in [1.165, 1.54) is 0 Å². The van der Waals surface area contributed by atoms with Gasteiger partial charge >= 0.3 is 0 Å². The highest BCUT2D eigenvalue weighted by molar-refractivity contribution is 5.79. The number of nitrogens with one attached hydrogen (secondary N) is 1. The quantitative estimate of drug-likeness (QED) is 0.337. The second kappa shape index (κ2) is 5.41. The molecule has 1 rings (SSSR count). The fourth-order valence-electron chi connectivity index (χ4n) is 1.22. The normalized spacial score (nSPS) is 11.9. The summed E-state index contributed by atoms with van der Waals surface area (Å²) in [7, 11) is 1.92. The van der Waals surface area contributed by atoms with E-state index in [0.717, 1.165) is 5.56 Å². The first kappa shape index (κ1) is 11.6. The van der Waals surface area contributed by atoms with Crippen molar-refractivity contribution in [3.63, 3.8) is 0 Å². The van der Waals surface area contributed by atoms with E-state index in [2.05, 4.69) is 10.4 Å². The molecule has 5 nitrogen and oxygen atoms in total. The third kappa shape index (κ3) is 3.63. The van der Waals surface area contributed by atoms with Crippen LogP contribution in [0.15, 0.2) is 28.0 Å². The first-order valence-corrected chi connectivity index (χ1v) is 4.90. The third-order valence-corrected chi connectivity index (χ3v) is 1.87. The topological polar surface area (TPSA) is 66.8 Å². The van der Waals surface area contributed by atoms with Crippen molar-refractivity contribution in [1.29, 1.82) is 0 Å². The van der Waals surface area contributed by atoms with Gasteiger partial charge in [0.1, 0.15) is 0 Å². The van der Waals surface area contributed by atoms with Crippen molar-refractivity contribution in [3.05, 3.63) is 24.2 Å². The van der Waals surface area contributed by atoms with Gasteiger partial charge in [-0.25, -0.2) is 10.8 Å². The highest BCUT2D eigenvalue weighted by atomic mass is 16.3. The van der Waals surface area contributed by atoms with Gasteiger partial charge in [0.2, 0.25) is 5.96 Å². The van der Waals surface area contributed by atoms with Crippen molar-refractivity contribution in [2.75, 3.05) is 7.05 Å². The van der Waals surface area contributed by atoms with Crippen LogP contribution in [-0.4, -0.2) is 23.9 Å². The van der Waals surface area contributed by atoms with Gasteiger partial charge < -0.3 is 9.32 Å². The van der Waals surface area contributed by atoms with Crippen LogP contribution in [0.2, 0.25) is 0 Å². The van der Waals surface area contributed by atoms with Crippen LogP contribution in [0.1, 0.15) is 19.4 Å². The van der Waals surface area contributed by atoms with Gasteiger partial charge in [-0.1, -0.05) is 0 Å². The van der Waals surface area contributed by atoms with Gasteiger partial charge in [-0.15, -0.1) is 0 Å². The van der Waals surface area contributed by atoms with Crippen LogP contribution < -0.4 is 11.3 Å². The fourth-order valence-corrected chi connectivity index (χ4v) is 1.22. The first-order valence-electron chi connectivity index (χ1n) is 4.90. The largest absolute Gasteiger partial charge is 0.472 e. The molecule has 0 bridgehead atoms. The van der Waals surface area contributed by atoms with Crippen LogP contribution in [0.4, 0.5) is 0 Å². The van der Waals surface area contributed by atoms with Crippen molar-refractivity contribution in [2.45, 2.75) is 26.4 Å². The molecular weight excluding hydrogens is 192 g/mol. The molecule has 0 unspecified atom stereocenters. The van der Waals surface area contributed by atoms with Crippen LogP contribution in [0.25, 0.3) is 0 Å². The molecule has 0 aliphatic rings. The van der Waals surface area contributed by atoms with Gasteiger partial charge in [-0.3, -0.25) is 5.43 Å². The van der Waals surface area contributed by atoms with E-state index < -0.39 is 0 Å².